The molecule has 0 amide bonds. The van der Waals surface area contributed by atoms with Crippen LogP contribution in [0.5, 0.6) is 0 Å². The van der Waals surface area contributed by atoms with E-state index in [0.717, 1.165) is 0 Å². The summed E-state index contributed by atoms with van der Waals surface area (Å²) in [5, 5.41) is 1.80. The zero-order valence-corrected chi connectivity index (χ0v) is 10.4. The molecule has 2 aromatic heterocycles. The molecule has 0 N–H and O–H groups in total. The summed E-state index contributed by atoms with van der Waals surface area (Å²) >= 11 is 1.32. The Morgan fingerprint density at radius 2 is 2.35 bits per heavy atom. The fourth-order valence-electron chi connectivity index (χ4n) is 1.43. The number of carbonyl (C=O) groups excluding carboxylic acids is 1. The summed E-state index contributed by atoms with van der Waals surface area (Å²) in [6, 6.07) is 1.78. The Morgan fingerprint density at radius 1 is 1.59 bits per heavy atom. The lowest BCUT2D eigenvalue weighted by Crippen LogP contribution is -2.26. The molecule has 2 heterocycles. The molecule has 2 aromatic rings. The Bertz CT molecular complexity index is 600. The zero-order chi connectivity index (χ0) is 12.4. The van der Waals surface area contributed by atoms with Crippen molar-refractivity contribution in [2.45, 2.75) is 26.5 Å². The standard InChI is InChI=1S/C11H12N2O3S/c1-7(2)16-9(14)5-13-6-12-8-3-4-17-10(8)11(13)15/h3-4,6-7H,5H2,1-2H3. The van der Waals surface area contributed by atoms with Gasteiger partial charge in [0.15, 0.2) is 0 Å². The van der Waals surface area contributed by atoms with E-state index in [-0.39, 0.29) is 18.2 Å². The van der Waals surface area contributed by atoms with Gasteiger partial charge in [-0.25, -0.2) is 4.98 Å². The lowest BCUT2D eigenvalue weighted by Gasteiger charge is -2.08. The molecule has 0 aliphatic carbocycles. The minimum absolute atomic E-state index is 0.0994. The van der Waals surface area contributed by atoms with Crippen molar-refractivity contribution in [1.29, 1.82) is 0 Å². The van der Waals surface area contributed by atoms with Crippen molar-refractivity contribution in [3.8, 4) is 0 Å². The maximum atomic E-state index is 11.9. The highest BCUT2D eigenvalue weighted by molar-refractivity contribution is 7.17. The van der Waals surface area contributed by atoms with Crippen molar-refractivity contribution in [1.82, 2.24) is 9.55 Å². The molecule has 0 saturated carbocycles. The molecule has 90 valence electrons. The Labute approximate surface area is 102 Å². The van der Waals surface area contributed by atoms with E-state index in [2.05, 4.69) is 4.98 Å². The molecule has 0 aliphatic heterocycles. The lowest BCUT2D eigenvalue weighted by atomic mass is 10.4. The van der Waals surface area contributed by atoms with Crippen LogP contribution in [0.3, 0.4) is 0 Å². The van der Waals surface area contributed by atoms with Gasteiger partial charge in [0.05, 0.1) is 17.9 Å². The summed E-state index contributed by atoms with van der Waals surface area (Å²) in [7, 11) is 0. The van der Waals surface area contributed by atoms with Gasteiger partial charge in [0.2, 0.25) is 0 Å². The van der Waals surface area contributed by atoms with Gasteiger partial charge in [-0.1, -0.05) is 0 Å². The fourth-order valence-corrected chi connectivity index (χ4v) is 2.22. The normalized spacial score (nSPS) is 11.0. The third-order valence-electron chi connectivity index (χ3n) is 2.10. The predicted molar refractivity (Wildman–Crippen MR) is 65.1 cm³/mol. The molecule has 0 radical (unpaired) electrons. The second-order valence-corrected chi connectivity index (χ2v) is 4.77. The van der Waals surface area contributed by atoms with Crippen LogP contribution in [-0.4, -0.2) is 21.6 Å². The third-order valence-corrected chi connectivity index (χ3v) is 2.99. The molecule has 0 atom stereocenters. The number of esters is 1. The van der Waals surface area contributed by atoms with E-state index in [4.69, 9.17) is 4.74 Å². The number of thiophene rings is 1. The van der Waals surface area contributed by atoms with E-state index in [0.29, 0.717) is 10.2 Å². The Hall–Kier alpha value is -1.69. The first-order chi connectivity index (χ1) is 8.08. The summed E-state index contributed by atoms with van der Waals surface area (Å²) in [5.41, 5.74) is 0.458. The molecule has 0 bridgehead atoms. The van der Waals surface area contributed by atoms with Gasteiger partial charge in [0.25, 0.3) is 5.56 Å². The molecule has 0 aromatic carbocycles. The van der Waals surface area contributed by atoms with E-state index in [1.165, 1.54) is 22.2 Å². The van der Waals surface area contributed by atoms with Gasteiger partial charge in [0.1, 0.15) is 11.2 Å². The van der Waals surface area contributed by atoms with E-state index < -0.39 is 5.97 Å². The number of nitrogens with zero attached hydrogens (tertiary/aromatic N) is 2. The maximum absolute atomic E-state index is 11.9. The SMILES string of the molecule is CC(C)OC(=O)Cn1cnc2ccsc2c1=O. The molecular weight excluding hydrogens is 240 g/mol. The highest BCUT2D eigenvalue weighted by Crippen LogP contribution is 2.13. The van der Waals surface area contributed by atoms with Crippen LogP contribution in [0.4, 0.5) is 0 Å². The molecule has 5 nitrogen and oxygen atoms in total. The van der Waals surface area contributed by atoms with Crippen LogP contribution in [0.2, 0.25) is 0 Å². The molecule has 0 saturated heterocycles. The van der Waals surface area contributed by atoms with Crippen LogP contribution in [0, 0.1) is 0 Å². The van der Waals surface area contributed by atoms with Crippen LogP contribution in [0.1, 0.15) is 13.8 Å². The van der Waals surface area contributed by atoms with Crippen molar-refractivity contribution >= 4 is 27.5 Å². The largest absolute Gasteiger partial charge is 0.462 e. The van der Waals surface area contributed by atoms with E-state index in [1.807, 2.05) is 0 Å². The summed E-state index contributed by atoms with van der Waals surface area (Å²) in [6.07, 6.45) is 1.19. The molecule has 0 spiro atoms. The topological polar surface area (TPSA) is 61.2 Å². The molecule has 2 rings (SSSR count). The van der Waals surface area contributed by atoms with E-state index >= 15 is 0 Å². The van der Waals surface area contributed by atoms with Crippen LogP contribution in [0.15, 0.2) is 22.6 Å². The lowest BCUT2D eigenvalue weighted by molar-refractivity contribution is -0.148. The first-order valence-electron chi connectivity index (χ1n) is 5.20. The molecule has 17 heavy (non-hydrogen) atoms. The summed E-state index contributed by atoms with van der Waals surface area (Å²) < 4.78 is 6.81. The highest BCUT2D eigenvalue weighted by atomic mass is 32.1. The zero-order valence-electron chi connectivity index (χ0n) is 9.54. The summed E-state index contributed by atoms with van der Waals surface area (Å²) in [5.74, 6) is -0.431. The Kier molecular flexibility index (Phi) is 3.23. The predicted octanol–water partition coefficient (Wildman–Crippen LogP) is 1.41. The van der Waals surface area contributed by atoms with Crippen molar-refractivity contribution < 1.29 is 9.53 Å². The minimum Gasteiger partial charge on any atom is -0.462 e. The molecular formula is C11H12N2O3S. The van der Waals surface area contributed by atoms with E-state index in [9.17, 15) is 9.59 Å². The van der Waals surface area contributed by atoms with Gasteiger partial charge in [-0.15, -0.1) is 11.3 Å². The van der Waals surface area contributed by atoms with Crippen molar-refractivity contribution in [2.75, 3.05) is 0 Å². The van der Waals surface area contributed by atoms with Crippen molar-refractivity contribution in [3.63, 3.8) is 0 Å². The van der Waals surface area contributed by atoms with Gasteiger partial charge in [0, 0.05) is 0 Å². The number of ether oxygens (including phenoxy) is 1. The van der Waals surface area contributed by atoms with Gasteiger partial charge in [-0.05, 0) is 25.3 Å². The number of rotatable bonds is 3. The second kappa shape index (κ2) is 4.67. The second-order valence-electron chi connectivity index (χ2n) is 3.85. The maximum Gasteiger partial charge on any atom is 0.326 e. The van der Waals surface area contributed by atoms with Gasteiger partial charge in [-0.2, -0.15) is 0 Å². The molecule has 0 fully saturated rings. The van der Waals surface area contributed by atoms with Crippen LogP contribution >= 0.6 is 11.3 Å². The molecule has 0 unspecified atom stereocenters. The third kappa shape index (κ3) is 2.52. The number of carbonyl (C=O) groups is 1. The first kappa shape index (κ1) is 11.8. The average Bonchev–Trinajstić information content (AvgIpc) is 2.69. The van der Waals surface area contributed by atoms with Gasteiger partial charge < -0.3 is 4.74 Å². The monoisotopic (exact) mass is 252 g/mol. The first-order valence-corrected chi connectivity index (χ1v) is 6.08. The van der Waals surface area contributed by atoms with Gasteiger partial charge in [-0.3, -0.25) is 14.2 Å². The van der Waals surface area contributed by atoms with Crippen molar-refractivity contribution in [3.05, 3.63) is 28.1 Å². The van der Waals surface area contributed by atoms with Gasteiger partial charge >= 0.3 is 5.97 Å². The van der Waals surface area contributed by atoms with Crippen LogP contribution in [0.25, 0.3) is 10.2 Å². The molecule has 0 aliphatic rings. The number of hydrogen-bond acceptors (Lipinski definition) is 5. The minimum atomic E-state index is -0.431. The summed E-state index contributed by atoms with van der Waals surface area (Å²) in [4.78, 5) is 27.5. The smallest absolute Gasteiger partial charge is 0.326 e. The number of fused-ring (bicyclic) bond motifs is 1. The van der Waals surface area contributed by atoms with Crippen molar-refractivity contribution in [2.24, 2.45) is 0 Å². The Morgan fingerprint density at radius 3 is 3.06 bits per heavy atom. The Balaban J connectivity index is 2.27. The molecule has 6 heteroatoms. The highest BCUT2D eigenvalue weighted by Gasteiger charge is 2.10. The number of hydrogen-bond donors (Lipinski definition) is 0. The quantitative estimate of drug-likeness (QED) is 0.775. The van der Waals surface area contributed by atoms with Crippen LogP contribution < -0.4 is 5.56 Å². The van der Waals surface area contributed by atoms with E-state index in [1.54, 1.807) is 25.3 Å². The fraction of sp³-hybridized carbons (Fsp3) is 0.364. The number of aromatic nitrogens is 2. The average molecular weight is 252 g/mol. The van der Waals surface area contributed by atoms with Crippen LogP contribution in [-0.2, 0) is 16.1 Å². The summed E-state index contributed by atoms with van der Waals surface area (Å²) in [6.45, 7) is 3.43.